The van der Waals surface area contributed by atoms with E-state index in [1.165, 1.54) is 11.8 Å². The van der Waals surface area contributed by atoms with E-state index in [-0.39, 0.29) is 0 Å². The summed E-state index contributed by atoms with van der Waals surface area (Å²) in [6.07, 6.45) is 3.41. The normalized spacial score (nSPS) is 10.4. The Labute approximate surface area is 97.6 Å². The van der Waals surface area contributed by atoms with E-state index >= 15 is 0 Å². The van der Waals surface area contributed by atoms with Gasteiger partial charge < -0.3 is 5.73 Å². The molecule has 0 amide bonds. The summed E-state index contributed by atoms with van der Waals surface area (Å²) in [7, 11) is 0. The molecule has 0 aromatic carbocycles. The van der Waals surface area contributed by atoms with Crippen molar-refractivity contribution in [3.05, 3.63) is 35.9 Å². The van der Waals surface area contributed by atoms with E-state index in [9.17, 15) is 0 Å². The standard InChI is InChI=1S/C10H11N5S/c1-7-2-4-12-9(14-7)16-10-13-5-3-8(6-11)15-10/h2-5H,6,11H2,1H3. The van der Waals surface area contributed by atoms with E-state index in [1.54, 1.807) is 18.5 Å². The quantitative estimate of drug-likeness (QED) is 0.802. The Hall–Kier alpha value is -1.53. The number of rotatable bonds is 3. The maximum absolute atomic E-state index is 5.51. The second-order valence-corrected chi connectivity index (χ2v) is 4.05. The van der Waals surface area contributed by atoms with E-state index in [4.69, 9.17) is 5.73 Å². The lowest BCUT2D eigenvalue weighted by Gasteiger charge is -2.00. The minimum atomic E-state index is 0.407. The van der Waals surface area contributed by atoms with E-state index in [0.717, 1.165) is 11.4 Å². The van der Waals surface area contributed by atoms with Crippen molar-refractivity contribution in [2.24, 2.45) is 5.73 Å². The third-order valence-electron chi connectivity index (χ3n) is 1.86. The lowest BCUT2D eigenvalue weighted by atomic mass is 10.4. The number of nitrogens with two attached hydrogens (primary N) is 1. The number of hydrogen-bond acceptors (Lipinski definition) is 6. The monoisotopic (exact) mass is 233 g/mol. The first-order valence-electron chi connectivity index (χ1n) is 4.77. The SMILES string of the molecule is Cc1ccnc(Sc2nccc(CN)n2)n1. The molecule has 0 aliphatic rings. The van der Waals surface area contributed by atoms with Crippen LogP contribution in [0, 0.1) is 6.92 Å². The molecule has 0 saturated heterocycles. The second kappa shape index (κ2) is 5.00. The van der Waals surface area contributed by atoms with Crippen LogP contribution >= 0.6 is 11.8 Å². The Morgan fingerprint density at radius 1 is 1.12 bits per heavy atom. The summed E-state index contributed by atoms with van der Waals surface area (Å²) < 4.78 is 0. The van der Waals surface area contributed by atoms with Gasteiger partial charge in [-0.2, -0.15) is 0 Å². The van der Waals surface area contributed by atoms with Crippen molar-refractivity contribution in [2.45, 2.75) is 23.8 Å². The van der Waals surface area contributed by atoms with E-state index < -0.39 is 0 Å². The fraction of sp³-hybridized carbons (Fsp3) is 0.200. The van der Waals surface area contributed by atoms with Gasteiger partial charge in [0.15, 0.2) is 10.3 Å². The Morgan fingerprint density at radius 2 is 1.81 bits per heavy atom. The van der Waals surface area contributed by atoms with Gasteiger partial charge in [0.2, 0.25) is 0 Å². The molecule has 5 nitrogen and oxygen atoms in total. The highest BCUT2D eigenvalue weighted by Gasteiger charge is 2.03. The first-order chi connectivity index (χ1) is 7.78. The topological polar surface area (TPSA) is 77.6 Å². The molecule has 0 spiro atoms. The first kappa shape index (κ1) is 11.0. The van der Waals surface area contributed by atoms with Crippen molar-refractivity contribution in [1.82, 2.24) is 19.9 Å². The Balaban J connectivity index is 2.20. The zero-order chi connectivity index (χ0) is 11.4. The molecule has 0 fully saturated rings. The fourth-order valence-corrected chi connectivity index (χ4v) is 1.84. The lowest BCUT2D eigenvalue weighted by Crippen LogP contribution is -2.01. The van der Waals surface area contributed by atoms with Crippen molar-refractivity contribution < 1.29 is 0 Å². The zero-order valence-electron chi connectivity index (χ0n) is 8.79. The van der Waals surface area contributed by atoms with E-state index in [0.29, 0.717) is 16.9 Å². The summed E-state index contributed by atoms with van der Waals surface area (Å²) in [4.78, 5) is 16.8. The van der Waals surface area contributed by atoms with Crippen molar-refractivity contribution in [2.75, 3.05) is 0 Å². The van der Waals surface area contributed by atoms with Crippen molar-refractivity contribution in [3.63, 3.8) is 0 Å². The first-order valence-corrected chi connectivity index (χ1v) is 5.59. The fourth-order valence-electron chi connectivity index (χ4n) is 1.10. The van der Waals surface area contributed by atoms with Crippen LogP contribution in [0.15, 0.2) is 34.8 Å². The van der Waals surface area contributed by atoms with Gasteiger partial charge in [0.05, 0.1) is 5.69 Å². The number of aromatic nitrogens is 4. The number of nitrogens with zero attached hydrogens (tertiary/aromatic N) is 4. The van der Waals surface area contributed by atoms with Gasteiger partial charge in [-0.25, -0.2) is 19.9 Å². The Bertz CT molecular complexity index is 488. The minimum Gasteiger partial charge on any atom is -0.325 e. The summed E-state index contributed by atoms with van der Waals surface area (Å²) in [5.41, 5.74) is 7.24. The molecule has 82 valence electrons. The predicted molar refractivity (Wildman–Crippen MR) is 60.8 cm³/mol. The molecule has 2 N–H and O–H groups in total. The molecule has 0 bridgehead atoms. The van der Waals surface area contributed by atoms with Crippen LogP contribution in [-0.4, -0.2) is 19.9 Å². The average Bonchev–Trinajstić information content (AvgIpc) is 2.29. The highest BCUT2D eigenvalue weighted by atomic mass is 32.2. The van der Waals surface area contributed by atoms with E-state index in [1.807, 2.05) is 13.0 Å². The second-order valence-electron chi connectivity index (χ2n) is 3.12. The third-order valence-corrected chi connectivity index (χ3v) is 2.61. The van der Waals surface area contributed by atoms with Gasteiger partial charge in [0.25, 0.3) is 0 Å². The zero-order valence-corrected chi connectivity index (χ0v) is 9.61. The van der Waals surface area contributed by atoms with Gasteiger partial charge in [-0.1, -0.05) is 0 Å². The van der Waals surface area contributed by atoms with Crippen LogP contribution in [0.1, 0.15) is 11.4 Å². The van der Waals surface area contributed by atoms with E-state index in [2.05, 4.69) is 19.9 Å². The van der Waals surface area contributed by atoms with Crippen molar-refractivity contribution in [1.29, 1.82) is 0 Å². The maximum atomic E-state index is 5.51. The van der Waals surface area contributed by atoms with Gasteiger partial charge in [0, 0.05) is 24.6 Å². The van der Waals surface area contributed by atoms with Gasteiger partial charge >= 0.3 is 0 Å². The predicted octanol–water partition coefficient (Wildman–Crippen LogP) is 1.18. The summed E-state index contributed by atoms with van der Waals surface area (Å²) in [5, 5.41) is 1.27. The van der Waals surface area contributed by atoms with Crippen LogP contribution in [0.5, 0.6) is 0 Å². The smallest absolute Gasteiger partial charge is 0.195 e. The van der Waals surface area contributed by atoms with Gasteiger partial charge in [-0.3, -0.25) is 0 Å². The van der Waals surface area contributed by atoms with Gasteiger partial charge in [0.1, 0.15) is 0 Å². The molecular weight excluding hydrogens is 222 g/mol. The summed E-state index contributed by atoms with van der Waals surface area (Å²) in [6, 6.07) is 3.64. The average molecular weight is 233 g/mol. The molecule has 0 saturated carbocycles. The molecular formula is C10H11N5S. The van der Waals surface area contributed by atoms with Crippen LogP contribution in [0.25, 0.3) is 0 Å². The molecule has 6 heteroatoms. The van der Waals surface area contributed by atoms with Crippen LogP contribution < -0.4 is 5.73 Å². The molecule has 2 heterocycles. The summed E-state index contributed by atoms with van der Waals surface area (Å²) >= 11 is 1.33. The number of hydrogen-bond donors (Lipinski definition) is 1. The number of aryl methyl sites for hydroxylation is 1. The molecule has 0 aliphatic carbocycles. The van der Waals surface area contributed by atoms with Crippen molar-refractivity contribution >= 4 is 11.8 Å². The van der Waals surface area contributed by atoms with Crippen LogP contribution in [0.2, 0.25) is 0 Å². The van der Waals surface area contributed by atoms with Gasteiger partial charge in [-0.15, -0.1) is 0 Å². The van der Waals surface area contributed by atoms with Crippen molar-refractivity contribution in [3.8, 4) is 0 Å². The summed E-state index contributed by atoms with van der Waals surface area (Å²) in [5.74, 6) is 0. The molecule has 2 rings (SSSR count). The lowest BCUT2D eigenvalue weighted by molar-refractivity contribution is 0.862. The molecule has 0 radical (unpaired) electrons. The highest BCUT2D eigenvalue weighted by molar-refractivity contribution is 7.99. The Morgan fingerprint density at radius 3 is 2.50 bits per heavy atom. The van der Waals surface area contributed by atoms with Crippen LogP contribution in [-0.2, 0) is 6.54 Å². The largest absolute Gasteiger partial charge is 0.325 e. The molecule has 0 atom stereocenters. The third kappa shape index (κ3) is 2.74. The molecule has 0 unspecified atom stereocenters. The minimum absolute atomic E-state index is 0.407. The van der Waals surface area contributed by atoms with Crippen LogP contribution in [0.4, 0.5) is 0 Å². The maximum Gasteiger partial charge on any atom is 0.195 e. The molecule has 0 aliphatic heterocycles. The molecule has 2 aromatic rings. The summed E-state index contributed by atoms with van der Waals surface area (Å²) in [6.45, 7) is 2.33. The molecule has 16 heavy (non-hydrogen) atoms. The highest BCUT2D eigenvalue weighted by Crippen LogP contribution is 2.20. The molecule has 2 aromatic heterocycles. The van der Waals surface area contributed by atoms with Crippen LogP contribution in [0.3, 0.4) is 0 Å². The van der Waals surface area contributed by atoms with Gasteiger partial charge in [-0.05, 0) is 30.8 Å². The Kier molecular flexibility index (Phi) is 3.43.